The molecule has 0 bridgehead atoms. The Morgan fingerprint density at radius 1 is 1.24 bits per heavy atom. The van der Waals surface area contributed by atoms with Gasteiger partial charge in [0.15, 0.2) is 5.65 Å². The van der Waals surface area contributed by atoms with E-state index in [1.807, 2.05) is 0 Å². The Labute approximate surface area is 163 Å². The largest absolute Gasteiger partial charge is 0.573 e. The third-order valence-electron chi connectivity index (χ3n) is 4.67. The van der Waals surface area contributed by atoms with Crippen LogP contribution in [0.4, 0.5) is 13.2 Å². The summed E-state index contributed by atoms with van der Waals surface area (Å²) in [6, 6.07) is 5.45. The standard InChI is InChI=1S/C19H16F3N5O2/c1-3-14(28)27-8-12(9-27)17-24-15(16-18(25-17)26(2)10-23-16)11-4-6-13(7-5-11)29-19(20,21)22/h3-7,10,12H,1,8-9H2,2H3. The molecule has 7 nitrogen and oxygen atoms in total. The average molecular weight is 403 g/mol. The summed E-state index contributed by atoms with van der Waals surface area (Å²) in [7, 11) is 1.80. The van der Waals surface area contributed by atoms with E-state index in [0.717, 1.165) is 0 Å². The van der Waals surface area contributed by atoms with Gasteiger partial charge in [-0.25, -0.2) is 15.0 Å². The molecule has 0 unspecified atom stereocenters. The fourth-order valence-corrected chi connectivity index (χ4v) is 3.17. The first kappa shape index (κ1) is 18.9. The highest BCUT2D eigenvalue weighted by Crippen LogP contribution is 2.32. The summed E-state index contributed by atoms with van der Waals surface area (Å²) in [4.78, 5) is 26.8. The maximum absolute atomic E-state index is 12.4. The van der Waals surface area contributed by atoms with E-state index in [0.29, 0.717) is 41.3 Å². The number of ether oxygens (including phenoxy) is 1. The summed E-state index contributed by atoms with van der Waals surface area (Å²) >= 11 is 0. The molecule has 0 atom stereocenters. The molecule has 1 aliphatic rings. The van der Waals surface area contributed by atoms with Crippen molar-refractivity contribution in [3.8, 4) is 17.0 Å². The summed E-state index contributed by atoms with van der Waals surface area (Å²) in [5, 5.41) is 0. The van der Waals surface area contributed by atoms with E-state index in [9.17, 15) is 18.0 Å². The van der Waals surface area contributed by atoms with Crippen molar-refractivity contribution in [1.29, 1.82) is 0 Å². The van der Waals surface area contributed by atoms with Crippen molar-refractivity contribution >= 4 is 17.1 Å². The number of imidazole rings is 1. The first-order chi connectivity index (χ1) is 13.7. The van der Waals surface area contributed by atoms with Gasteiger partial charge in [0.2, 0.25) is 5.91 Å². The van der Waals surface area contributed by atoms with E-state index in [2.05, 4.69) is 26.3 Å². The Hall–Kier alpha value is -3.43. The second kappa shape index (κ2) is 6.87. The van der Waals surface area contributed by atoms with Gasteiger partial charge in [0.25, 0.3) is 0 Å². The van der Waals surface area contributed by atoms with Crippen LogP contribution < -0.4 is 4.74 Å². The highest BCUT2D eigenvalue weighted by molar-refractivity contribution is 5.88. The van der Waals surface area contributed by atoms with Crippen LogP contribution in [0.1, 0.15) is 11.7 Å². The summed E-state index contributed by atoms with van der Waals surface area (Å²) < 4.78 is 42.8. The monoisotopic (exact) mass is 403 g/mol. The van der Waals surface area contributed by atoms with E-state index in [1.165, 1.54) is 30.3 Å². The minimum atomic E-state index is -4.75. The first-order valence-corrected chi connectivity index (χ1v) is 8.71. The van der Waals surface area contributed by atoms with Gasteiger partial charge >= 0.3 is 6.36 Å². The summed E-state index contributed by atoms with van der Waals surface area (Å²) in [5.41, 5.74) is 2.25. The lowest BCUT2D eigenvalue weighted by molar-refractivity contribution is -0.274. The number of aromatic nitrogens is 4. The number of hydrogen-bond acceptors (Lipinski definition) is 5. The van der Waals surface area contributed by atoms with Crippen molar-refractivity contribution < 1.29 is 22.7 Å². The molecule has 29 heavy (non-hydrogen) atoms. The molecule has 1 amide bonds. The zero-order valence-electron chi connectivity index (χ0n) is 15.3. The Morgan fingerprint density at radius 3 is 2.55 bits per heavy atom. The number of benzene rings is 1. The third kappa shape index (κ3) is 3.65. The van der Waals surface area contributed by atoms with Crippen LogP contribution in [0.2, 0.25) is 0 Å². The molecular weight excluding hydrogens is 387 g/mol. The van der Waals surface area contributed by atoms with Gasteiger partial charge in [-0.1, -0.05) is 6.58 Å². The summed E-state index contributed by atoms with van der Waals surface area (Å²) in [6.07, 6.45) is -1.89. The van der Waals surface area contributed by atoms with Gasteiger partial charge in [0.1, 0.15) is 22.8 Å². The van der Waals surface area contributed by atoms with Gasteiger partial charge in [0.05, 0.1) is 12.2 Å². The van der Waals surface area contributed by atoms with Gasteiger partial charge in [-0.3, -0.25) is 4.79 Å². The lowest BCUT2D eigenvalue weighted by atomic mass is 9.98. The van der Waals surface area contributed by atoms with Crippen LogP contribution in [0.3, 0.4) is 0 Å². The molecule has 1 fully saturated rings. The Balaban J connectivity index is 1.69. The minimum Gasteiger partial charge on any atom is -0.406 e. The molecule has 1 saturated heterocycles. The SMILES string of the molecule is C=CC(=O)N1CC(c2nc(-c3ccc(OC(F)(F)F)cc3)c3ncn(C)c3n2)C1. The van der Waals surface area contributed by atoms with E-state index in [1.54, 1.807) is 22.8 Å². The lowest BCUT2D eigenvalue weighted by Crippen LogP contribution is -2.48. The number of likely N-dealkylation sites (tertiary alicyclic amines) is 1. The number of aryl methyl sites for hydroxylation is 1. The van der Waals surface area contributed by atoms with Gasteiger partial charge in [-0.05, 0) is 30.3 Å². The highest BCUT2D eigenvalue weighted by atomic mass is 19.4. The van der Waals surface area contributed by atoms with Crippen LogP contribution in [-0.4, -0.2) is 49.8 Å². The van der Waals surface area contributed by atoms with Crippen molar-refractivity contribution in [2.45, 2.75) is 12.3 Å². The van der Waals surface area contributed by atoms with Crippen molar-refractivity contribution in [2.75, 3.05) is 13.1 Å². The molecular formula is C19H16F3N5O2. The quantitative estimate of drug-likeness (QED) is 0.626. The van der Waals surface area contributed by atoms with E-state index in [4.69, 9.17) is 0 Å². The average Bonchev–Trinajstić information content (AvgIpc) is 3.00. The summed E-state index contributed by atoms with van der Waals surface area (Å²) in [6.45, 7) is 4.43. The predicted molar refractivity (Wildman–Crippen MR) is 97.9 cm³/mol. The van der Waals surface area contributed by atoms with Gasteiger partial charge in [-0.2, -0.15) is 0 Å². The molecule has 4 rings (SSSR count). The topological polar surface area (TPSA) is 73.1 Å². The second-order valence-corrected chi connectivity index (χ2v) is 6.67. The zero-order valence-corrected chi connectivity index (χ0v) is 15.3. The smallest absolute Gasteiger partial charge is 0.406 e. The Morgan fingerprint density at radius 2 is 1.93 bits per heavy atom. The second-order valence-electron chi connectivity index (χ2n) is 6.67. The number of amides is 1. The molecule has 1 aliphatic heterocycles. The molecule has 0 radical (unpaired) electrons. The highest BCUT2D eigenvalue weighted by Gasteiger charge is 2.34. The van der Waals surface area contributed by atoms with Crippen LogP contribution in [0, 0.1) is 0 Å². The maximum atomic E-state index is 12.4. The molecule has 3 aromatic rings. The maximum Gasteiger partial charge on any atom is 0.573 e. The van der Waals surface area contributed by atoms with Crippen molar-refractivity contribution in [3.63, 3.8) is 0 Å². The molecule has 0 spiro atoms. The van der Waals surface area contributed by atoms with E-state index >= 15 is 0 Å². The van der Waals surface area contributed by atoms with Crippen molar-refractivity contribution in [1.82, 2.24) is 24.4 Å². The molecule has 2 aromatic heterocycles. The lowest BCUT2D eigenvalue weighted by Gasteiger charge is -2.37. The number of hydrogen-bond donors (Lipinski definition) is 0. The van der Waals surface area contributed by atoms with Crippen LogP contribution in [0.25, 0.3) is 22.4 Å². The number of alkyl halides is 3. The number of halogens is 3. The van der Waals surface area contributed by atoms with Crippen LogP contribution in [0.15, 0.2) is 43.2 Å². The fourth-order valence-electron chi connectivity index (χ4n) is 3.17. The van der Waals surface area contributed by atoms with E-state index < -0.39 is 6.36 Å². The molecule has 150 valence electrons. The number of fused-ring (bicyclic) bond motifs is 1. The molecule has 10 heteroatoms. The molecule has 1 aromatic carbocycles. The van der Waals surface area contributed by atoms with Crippen LogP contribution >= 0.6 is 0 Å². The fraction of sp³-hybridized carbons (Fsp3) is 0.263. The Kier molecular flexibility index (Phi) is 4.48. The van der Waals surface area contributed by atoms with Crippen LogP contribution in [0.5, 0.6) is 5.75 Å². The zero-order chi connectivity index (χ0) is 20.8. The molecule has 0 saturated carbocycles. The van der Waals surface area contributed by atoms with Crippen LogP contribution in [-0.2, 0) is 11.8 Å². The predicted octanol–water partition coefficient (Wildman–Crippen LogP) is 3.04. The summed E-state index contributed by atoms with van der Waals surface area (Å²) in [5.74, 6) is 0.0540. The van der Waals surface area contributed by atoms with Gasteiger partial charge in [-0.15, -0.1) is 13.2 Å². The van der Waals surface area contributed by atoms with Gasteiger partial charge in [0, 0.05) is 25.7 Å². The van der Waals surface area contributed by atoms with Gasteiger partial charge < -0.3 is 14.2 Å². The molecule has 0 aliphatic carbocycles. The Bertz CT molecular complexity index is 1090. The van der Waals surface area contributed by atoms with Crippen molar-refractivity contribution in [3.05, 3.63) is 49.1 Å². The first-order valence-electron chi connectivity index (χ1n) is 8.71. The number of nitrogens with zero attached hydrogens (tertiary/aromatic N) is 5. The molecule has 0 N–H and O–H groups in total. The van der Waals surface area contributed by atoms with Crippen molar-refractivity contribution in [2.24, 2.45) is 7.05 Å². The number of carbonyl (C=O) groups excluding carboxylic acids is 1. The minimum absolute atomic E-state index is 0.0372. The van der Waals surface area contributed by atoms with E-state index in [-0.39, 0.29) is 17.6 Å². The molecule has 3 heterocycles. The normalized spacial score (nSPS) is 14.7. The number of rotatable bonds is 4. The number of carbonyl (C=O) groups is 1. The third-order valence-corrected chi connectivity index (χ3v) is 4.67.